The van der Waals surface area contributed by atoms with Crippen molar-refractivity contribution in [2.45, 2.75) is 23.3 Å². The first-order valence-corrected chi connectivity index (χ1v) is 11.5. The van der Waals surface area contributed by atoms with Crippen LogP contribution in [0.25, 0.3) is 0 Å². The van der Waals surface area contributed by atoms with Gasteiger partial charge in [0.15, 0.2) is 10.6 Å². The number of hydrogen-bond donors (Lipinski definition) is 2. The molecule has 3 aromatic carbocycles. The van der Waals surface area contributed by atoms with Crippen molar-refractivity contribution < 1.29 is 22.7 Å². The van der Waals surface area contributed by atoms with Crippen molar-refractivity contribution in [3.63, 3.8) is 0 Å². The number of hydrogen-bond acceptors (Lipinski definition) is 6. The van der Waals surface area contributed by atoms with Gasteiger partial charge in [0.25, 0.3) is 0 Å². The lowest BCUT2D eigenvalue weighted by Crippen LogP contribution is -2.29. The Balaban J connectivity index is 1.85. The van der Waals surface area contributed by atoms with E-state index < -0.39 is 9.84 Å². The highest BCUT2D eigenvalue weighted by molar-refractivity contribution is 7.91. The van der Waals surface area contributed by atoms with Gasteiger partial charge in [0.2, 0.25) is 15.7 Å². The summed E-state index contributed by atoms with van der Waals surface area (Å²) in [6.07, 6.45) is 0. The first kappa shape index (κ1) is 23.1. The Hall–Kier alpha value is -3.52. The van der Waals surface area contributed by atoms with Crippen LogP contribution in [0.1, 0.15) is 11.1 Å². The fraction of sp³-hybridized carbons (Fsp3) is 0.208. The van der Waals surface area contributed by atoms with E-state index in [4.69, 9.17) is 9.47 Å². The van der Waals surface area contributed by atoms with Crippen LogP contribution < -0.4 is 20.1 Å². The maximum atomic E-state index is 13.4. The first-order chi connectivity index (χ1) is 15.4. The standard InChI is InChI=1S/C24H26N2O5S/c1-17-9-11-19(12-10-17)32(28,29)24-21(30-2)14-13-20(23(24)31-3)25-16-22(27)26-15-18-7-5-4-6-8-18/h4-14,25H,15-16H2,1-3H3,(H,26,27). The summed E-state index contributed by atoms with van der Waals surface area (Å²) in [5, 5.41) is 5.79. The summed E-state index contributed by atoms with van der Waals surface area (Å²) in [7, 11) is -1.16. The Morgan fingerprint density at radius 1 is 0.906 bits per heavy atom. The van der Waals surface area contributed by atoms with Crippen LogP contribution in [0, 0.1) is 6.92 Å². The molecule has 3 aromatic rings. The number of carbonyl (C=O) groups excluding carboxylic acids is 1. The van der Waals surface area contributed by atoms with Crippen LogP contribution >= 0.6 is 0 Å². The smallest absolute Gasteiger partial charge is 0.239 e. The van der Waals surface area contributed by atoms with Gasteiger partial charge in [-0.05, 0) is 36.8 Å². The highest BCUT2D eigenvalue weighted by atomic mass is 32.2. The molecule has 8 heteroatoms. The van der Waals surface area contributed by atoms with E-state index in [9.17, 15) is 13.2 Å². The molecule has 0 aliphatic carbocycles. The summed E-state index contributed by atoms with van der Waals surface area (Å²) in [5.41, 5.74) is 2.29. The lowest BCUT2D eigenvalue weighted by molar-refractivity contribution is -0.119. The van der Waals surface area contributed by atoms with Gasteiger partial charge in [-0.3, -0.25) is 4.79 Å². The molecule has 7 nitrogen and oxygen atoms in total. The molecule has 0 atom stereocenters. The number of sulfone groups is 1. The molecule has 2 N–H and O–H groups in total. The van der Waals surface area contributed by atoms with Gasteiger partial charge >= 0.3 is 0 Å². The Bertz CT molecular complexity index is 1180. The van der Waals surface area contributed by atoms with E-state index in [-0.39, 0.29) is 33.7 Å². The highest BCUT2D eigenvalue weighted by Gasteiger charge is 2.29. The van der Waals surface area contributed by atoms with Crippen LogP contribution in [0.15, 0.2) is 76.5 Å². The molecule has 0 bridgehead atoms. The normalized spacial score (nSPS) is 11.0. The molecule has 0 heterocycles. The van der Waals surface area contributed by atoms with Gasteiger partial charge in [0.1, 0.15) is 5.75 Å². The summed E-state index contributed by atoms with van der Waals surface area (Å²) < 4.78 is 37.6. The summed E-state index contributed by atoms with van der Waals surface area (Å²) >= 11 is 0. The second kappa shape index (κ2) is 10.2. The summed E-state index contributed by atoms with van der Waals surface area (Å²) in [4.78, 5) is 12.3. The number of anilines is 1. The maximum Gasteiger partial charge on any atom is 0.239 e. The van der Waals surface area contributed by atoms with E-state index in [2.05, 4.69) is 10.6 Å². The predicted octanol–water partition coefficient (Wildman–Crippen LogP) is 3.57. The van der Waals surface area contributed by atoms with E-state index in [1.807, 2.05) is 37.3 Å². The third-order valence-electron chi connectivity index (χ3n) is 4.87. The number of nitrogens with one attached hydrogen (secondary N) is 2. The van der Waals surface area contributed by atoms with E-state index in [1.54, 1.807) is 30.3 Å². The number of rotatable bonds is 9. The molecule has 0 radical (unpaired) electrons. The van der Waals surface area contributed by atoms with Crippen LogP contribution in [0.3, 0.4) is 0 Å². The number of benzene rings is 3. The minimum Gasteiger partial charge on any atom is -0.495 e. The minimum atomic E-state index is -3.94. The fourth-order valence-electron chi connectivity index (χ4n) is 3.17. The Morgan fingerprint density at radius 2 is 1.59 bits per heavy atom. The number of aryl methyl sites for hydroxylation is 1. The van der Waals surface area contributed by atoms with Crippen molar-refractivity contribution >= 4 is 21.4 Å². The quantitative estimate of drug-likeness (QED) is 0.513. The number of ether oxygens (including phenoxy) is 2. The predicted molar refractivity (Wildman–Crippen MR) is 123 cm³/mol. The zero-order chi connectivity index (χ0) is 23.1. The molecule has 0 aliphatic heterocycles. The minimum absolute atomic E-state index is 0.0560. The lowest BCUT2D eigenvalue weighted by atomic mass is 10.2. The first-order valence-electron chi connectivity index (χ1n) is 9.98. The average molecular weight is 455 g/mol. The molecule has 32 heavy (non-hydrogen) atoms. The second-order valence-corrected chi connectivity index (χ2v) is 9.00. The second-order valence-electron chi connectivity index (χ2n) is 7.11. The van der Waals surface area contributed by atoms with Crippen LogP contribution in [0.2, 0.25) is 0 Å². The van der Waals surface area contributed by atoms with Gasteiger partial charge < -0.3 is 20.1 Å². The molecule has 0 spiro atoms. The SMILES string of the molecule is COc1ccc(NCC(=O)NCc2ccccc2)c(OC)c1S(=O)(=O)c1ccc(C)cc1. The summed E-state index contributed by atoms with van der Waals surface area (Å²) in [6, 6.07) is 19.2. The van der Waals surface area contributed by atoms with Crippen molar-refractivity contribution in [3.05, 3.63) is 77.9 Å². The average Bonchev–Trinajstić information content (AvgIpc) is 2.81. The monoisotopic (exact) mass is 454 g/mol. The van der Waals surface area contributed by atoms with Crippen LogP contribution in [-0.2, 0) is 21.2 Å². The number of methoxy groups -OCH3 is 2. The molecular weight excluding hydrogens is 428 g/mol. The molecule has 1 amide bonds. The Labute approximate surface area is 188 Å². The van der Waals surface area contributed by atoms with Gasteiger partial charge in [-0.15, -0.1) is 0 Å². The van der Waals surface area contributed by atoms with Crippen LogP contribution in [0.5, 0.6) is 11.5 Å². The van der Waals surface area contributed by atoms with E-state index >= 15 is 0 Å². The fourth-order valence-corrected chi connectivity index (χ4v) is 4.76. The molecule has 0 fully saturated rings. The van der Waals surface area contributed by atoms with Gasteiger partial charge in [-0.1, -0.05) is 48.0 Å². The van der Waals surface area contributed by atoms with E-state index in [0.29, 0.717) is 12.2 Å². The van der Waals surface area contributed by atoms with E-state index in [0.717, 1.165) is 11.1 Å². The van der Waals surface area contributed by atoms with Crippen molar-refractivity contribution in [2.75, 3.05) is 26.1 Å². The van der Waals surface area contributed by atoms with E-state index in [1.165, 1.54) is 20.3 Å². The lowest BCUT2D eigenvalue weighted by Gasteiger charge is -2.18. The third-order valence-corrected chi connectivity index (χ3v) is 6.69. The van der Waals surface area contributed by atoms with Crippen molar-refractivity contribution in [1.82, 2.24) is 5.32 Å². The zero-order valence-electron chi connectivity index (χ0n) is 18.2. The van der Waals surface area contributed by atoms with Crippen molar-refractivity contribution in [3.8, 4) is 11.5 Å². The molecule has 0 unspecified atom stereocenters. The molecule has 0 saturated heterocycles. The summed E-state index contributed by atoms with van der Waals surface area (Å²) in [6.45, 7) is 2.22. The summed E-state index contributed by atoms with van der Waals surface area (Å²) in [5.74, 6) is -0.00282. The zero-order valence-corrected chi connectivity index (χ0v) is 19.0. The number of amides is 1. The third kappa shape index (κ3) is 5.20. The Kier molecular flexibility index (Phi) is 7.37. The maximum absolute atomic E-state index is 13.4. The van der Waals surface area contributed by atoms with Gasteiger partial charge in [0, 0.05) is 6.54 Å². The van der Waals surface area contributed by atoms with Gasteiger partial charge in [-0.25, -0.2) is 8.42 Å². The van der Waals surface area contributed by atoms with Crippen LogP contribution in [-0.4, -0.2) is 35.1 Å². The highest BCUT2D eigenvalue weighted by Crippen LogP contribution is 2.42. The van der Waals surface area contributed by atoms with Crippen LogP contribution in [0.4, 0.5) is 5.69 Å². The number of carbonyl (C=O) groups is 1. The molecule has 3 rings (SSSR count). The van der Waals surface area contributed by atoms with Gasteiger partial charge in [0.05, 0.1) is 31.3 Å². The van der Waals surface area contributed by atoms with Crippen molar-refractivity contribution in [2.24, 2.45) is 0 Å². The molecule has 0 aliphatic rings. The van der Waals surface area contributed by atoms with Crippen molar-refractivity contribution in [1.29, 1.82) is 0 Å². The molecular formula is C24H26N2O5S. The molecule has 168 valence electrons. The topological polar surface area (TPSA) is 93.7 Å². The molecule has 0 aromatic heterocycles. The molecule has 0 saturated carbocycles. The van der Waals surface area contributed by atoms with Gasteiger partial charge in [-0.2, -0.15) is 0 Å². The largest absolute Gasteiger partial charge is 0.495 e. The Morgan fingerprint density at radius 3 is 2.22 bits per heavy atom.